The number of carboxylic acids is 1. The summed E-state index contributed by atoms with van der Waals surface area (Å²) < 4.78 is 0. The number of carboxylic acid groups (broad SMARTS) is 1. The predicted molar refractivity (Wildman–Crippen MR) is 66.4 cm³/mol. The Morgan fingerprint density at radius 2 is 2.38 bits per heavy atom. The van der Waals surface area contributed by atoms with Gasteiger partial charge in [0.15, 0.2) is 0 Å². The maximum Gasteiger partial charge on any atom is 0.337 e. The van der Waals surface area contributed by atoms with E-state index < -0.39 is 5.97 Å². The van der Waals surface area contributed by atoms with Crippen LogP contribution in [-0.4, -0.2) is 21.8 Å². The summed E-state index contributed by atoms with van der Waals surface area (Å²) in [6, 6.07) is 1.53. The van der Waals surface area contributed by atoms with E-state index in [1.54, 1.807) is 11.8 Å². The van der Waals surface area contributed by atoms with Gasteiger partial charge in [-0.1, -0.05) is 31.9 Å². The lowest BCUT2D eigenvalue weighted by Gasteiger charge is -2.07. The first-order valence-corrected chi connectivity index (χ1v) is 6.42. The van der Waals surface area contributed by atoms with E-state index in [0.717, 1.165) is 12.2 Å². The summed E-state index contributed by atoms with van der Waals surface area (Å²) in [6.07, 6.45) is 2.50. The minimum Gasteiger partial charge on any atom is -0.478 e. The van der Waals surface area contributed by atoms with Crippen LogP contribution in [0.1, 0.15) is 30.6 Å². The molecule has 1 N–H and O–H groups in total. The Kier molecular flexibility index (Phi) is 5.09. The van der Waals surface area contributed by atoms with Gasteiger partial charge in [0.25, 0.3) is 0 Å². The maximum atomic E-state index is 10.8. The largest absolute Gasteiger partial charge is 0.478 e. The van der Waals surface area contributed by atoms with Crippen molar-refractivity contribution in [1.29, 1.82) is 0 Å². The van der Waals surface area contributed by atoms with Crippen molar-refractivity contribution in [3.05, 3.63) is 22.8 Å². The number of nitrogens with zero attached hydrogens (tertiary/aromatic N) is 1. The zero-order chi connectivity index (χ0) is 12.1. The zero-order valence-corrected chi connectivity index (χ0v) is 10.8. The van der Waals surface area contributed by atoms with Gasteiger partial charge in [-0.25, -0.2) is 9.78 Å². The van der Waals surface area contributed by atoms with Gasteiger partial charge >= 0.3 is 5.97 Å². The standard InChI is InChI=1S/C11H14ClNO2S/c1-3-7(2)6-16-10-4-8(11(14)15)9(12)5-13-10/h4-5,7H,3,6H2,1-2H3,(H,14,15). The first-order chi connectivity index (χ1) is 7.54. The summed E-state index contributed by atoms with van der Waals surface area (Å²) in [7, 11) is 0. The molecule has 1 aromatic heterocycles. The van der Waals surface area contributed by atoms with E-state index in [1.165, 1.54) is 12.3 Å². The molecule has 0 aliphatic rings. The second-order valence-electron chi connectivity index (χ2n) is 3.63. The van der Waals surface area contributed by atoms with Gasteiger partial charge in [-0.3, -0.25) is 0 Å². The first-order valence-electron chi connectivity index (χ1n) is 5.06. The van der Waals surface area contributed by atoms with Gasteiger partial charge in [0.1, 0.15) is 0 Å². The first kappa shape index (κ1) is 13.3. The molecular formula is C11H14ClNO2S. The van der Waals surface area contributed by atoms with Crippen LogP contribution in [0.5, 0.6) is 0 Å². The molecule has 1 aromatic rings. The molecule has 1 rings (SSSR count). The third kappa shape index (κ3) is 3.68. The molecule has 0 saturated heterocycles. The highest BCUT2D eigenvalue weighted by Crippen LogP contribution is 2.24. The van der Waals surface area contributed by atoms with Crippen LogP contribution in [-0.2, 0) is 0 Å². The van der Waals surface area contributed by atoms with Crippen molar-refractivity contribution in [2.24, 2.45) is 5.92 Å². The van der Waals surface area contributed by atoms with E-state index in [4.69, 9.17) is 16.7 Å². The van der Waals surface area contributed by atoms with E-state index in [9.17, 15) is 4.79 Å². The summed E-state index contributed by atoms with van der Waals surface area (Å²) >= 11 is 7.29. The summed E-state index contributed by atoms with van der Waals surface area (Å²) in [5.74, 6) is 0.512. The highest BCUT2D eigenvalue weighted by molar-refractivity contribution is 7.99. The van der Waals surface area contributed by atoms with Crippen molar-refractivity contribution in [3.8, 4) is 0 Å². The van der Waals surface area contributed by atoms with Crippen molar-refractivity contribution < 1.29 is 9.90 Å². The Bertz CT molecular complexity index is 384. The SMILES string of the molecule is CCC(C)CSc1cc(C(=O)O)c(Cl)cn1. The molecule has 3 nitrogen and oxygen atoms in total. The van der Waals surface area contributed by atoms with Crippen LogP contribution in [0.4, 0.5) is 0 Å². The van der Waals surface area contributed by atoms with Crippen LogP contribution < -0.4 is 0 Å². The van der Waals surface area contributed by atoms with Crippen LogP contribution >= 0.6 is 23.4 Å². The normalized spacial score (nSPS) is 12.4. The Morgan fingerprint density at radius 1 is 1.69 bits per heavy atom. The monoisotopic (exact) mass is 259 g/mol. The molecular weight excluding hydrogens is 246 g/mol. The summed E-state index contributed by atoms with van der Waals surface area (Å²) in [5.41, 5.74) is 0.114. The number of rotatable bonds is 5. The molecule has 0 aliphatic carbocycles. The van der Waals surface area contributed by atoms with Crippen LogP contribution in [0, 0.1) is 5.92 Å². The van der Waals surface area contributed by atoms with Crippen LogP contribution in [0.25, 0.3) is 0 Å². The Labute approximate surface area is 104 Å². The average molecular weight is 260 g/mol. The number of pyridine rings is 1. The molecule has 88 valence electrons. The van der Waals surface area contributed by atoms with Gasteiger partial charge < -0.3 is 5.11 Å². The topological polar surface area (TPSA) is 50.2 Å². The van der Waals surface area contributed by atoms with E-state index >= 15 is 0 Å². The minimum atomic E-state index is -1.02. The molecule has 0 saturated carbocycles. The number of carbonyl (C=O) groups is 1. The molecule has 0 spiro atoms. The smallest absolute Gasteiger partial charge is 0.337 e. The zero-order valence-electron chi connectivity index (χ0n) is 9.24. The highest BCUT2D eigenvalue weighted by atomic mass is 35.5. The lowest BCUT2D eigenvalue weighted by atomic mass is 10.2. The molecule has 1 heterocycles. The molecule has 0 aliphatic heterocycles. The second kappa shape index (κ2) is 6.11. The lowest BCUT2D eigenvalue weighted by Crippen LogP contribution is -2.00. The van der Waals surface area contributed by atoms with E-state index in [0.29, 0.717) is 10.9 Å². The summed E-state index contributed by atoms with van der Waals surface area (Å²) in [4.78, 5) is 14.9. The van der Waals surface area contributed by atoms with Crippen molar-refractivity contribution in [3.63, 3.8) is 0 Å². The molecule has 1 atom stereocenters. The Morgan fingerprint density at radius 3 is 2.94 bits per heavy atom. The van der Waals surface area contributed by atoms with Gasteiger partial charge in [0.2, 0.25) is 0 Å². The van der Waals surface area contributed by atoms with Gasteiger partial charge in [-0.15, -0.1) is 11.8 Å². The molecule has 16 heavy (non-hydrogen) atoms. The number of halogens is 1. The summed E-state index contributed by atoms with van der Waals surface area (Å²) in [6.45, 7) is 4.28. The molecule has 0 bridgehead atoms. The number of aromatic carboxylic acids is 1. The molecule has 1 unspecified atom stereocenters. The molecule has 0 radical (unpaired) electrons. The Hall–Kier alpha value is -0.740. The predicted octanol–water partition coefficient (Wildman–Crippen LogP) is 3.57. The third-order valence-corrected chi connectivity index (χ3v) is 3.83. The average Bonchev–Trinajstić information content (AvgIpc) is 2.27. The fourth-order valence-electron chi connectivity index (χ4n) is 1.01. The third-order valence-electron chi connectivity index (χ3n) is 2.27. The lowest BCUT2D eigenvalue weighted by molar-refractivity contribution is 0.0696. The van der Waals surface area contributed by atoms with E-state index in [-0.39, 0.29) is 10.6 Å². The highest BCUT2D eigenvalue weighted by Gasteiger charge is 2.11. The van der Waals surface area contributed by atoms with Crippen molar-refractivity contribution in [2.45, 2.75) is 25.3 Å². The molecule has 0 aromatic carbocycles. The van der Waals surface area contributed by atoms with Gasteiger partial charge in [-0.2, -0.15) is 0 Å². The van der Waals surface area contributed by atoms with Crippen LogP contribution in [0.15, 0.2) is 17.3 Å². The van der Waals surface area contributed by atoms with Crippen LogP contribution in [0.2, 0.25) is 5.02 Å². The van der Waals surface area contributed by atoms with E-state index in [2.05, 4.69) is 18.8 Å². The van der Waals surface area contributed by atoms with Gasteiger partial charge in [0.05, 0.1) is 15.6 Å². The minimum absolute atomic E-state index is 0.114. The maximum absolute atomic E-state index is 10.8. The van der Waals surface area contributed by atoms with E-state index in [1.807, 2.05) is 0 Å². The van der Waals surface area contributed by atoms with Crippen LogP contribution in [0.3, 0.4) is 0 Å². The Balaban J connectivity index is 2.75. The van der Waals surface area contributed by atoms with Gasteiger partial charge in [-0.05, 0) is 12.0 Å². The van der Waals surface area contributed by atoms with Crippen molar-refractivity contribution >= 4 is 29.3 Å². The van der Waals surface area contributed by atoms with Gasteiger partial charge in [0, 0.05) is 11.9 Å². The molecule has 0 fully saturated rings. The fraction of sp³-hybridized carbons (Fsp3) is 0.455. The molecule has 5 heteroatoms. The number of aromatic nitrogens is 1. The number of hydrogen-bond donors (Lipinski definition) is 1. The fourth-order valence-corrected chi connectivity index (χ4v) is 2.21. The quantitative estimate of drug-likeness (QED) is 0.822. The van der Waals surface area contributed by atoms with Crippen molar-refractivity contribution in [2.75, 3.05) is 5.75 Å². The second-order valence-corrected chi connectivity index (χ2v) is 5.08. The number of thioether (sulfide) groups is 1. The number of hydrogen-bond acceptors (Lipinski definition) is 3. The summed E-state index contributed by atoms with van der Waals surface area (Å²) in [5, 5.41) is 9.78. The van der Waals surface area contributed by atoms with Crippen molar-refractivity contribution in [1.82, 2.24) is 4.98 Å². The molecule has 0 amide bonds.